The Morgan fingerprint density at radius 3 is 2.71 bits per heavy atom. The first-order valence-corrected chi connectivity index (χ1v) is 4.64. The fourth-order valence-corrected chi connectivity index (χ4v) is 1.42. The Balaban J connectivity index is 2.95. The molecule has 0 amide bonds. The molecule has 78 valence electrons. The fourth-order valence-electron chi connectivity index (χ4n) is 1.26. The molecule has 0 saturated heterocycles. The molecule has 1 aromatic rings. The van der Waals surface area contributed by atoms with E-state index in [0.29, 0.717) is 17.4 Å². The van der Waals surface area contributed by atoms with Crippen molar-refractivity contribution in [3.63, 3.8) is 0 Å². The molecule has 1 rings (SSSR count). The molecular formula is C10H14ClNO2. The molecule has 0 aliphatic rings. The summed E-state index contributed by atoms with van der Waals surface area (Å²) < 4.78 is 10.1. The van der Waals surface area contributed by atoms with E-state index in [1.54, 1.807) is 26.4 Å². The topological polar surface area (TPSA) is 44.5 Å². The molecule has 0 unspecified atom stereocenters. The fraction of sp³-hybridized carbons (Fsp3) is 0.400. The number of rotatable bonds is 4. The van der Waals surface area contributed by atoms with Crippen molar-refractivity contribution >= 4 is 11.6 Å². The monoisotopic (exact) mass is 215 g/mol. The van der Waals surface area contributed by atoms with Crippen LogP contribution in [0, 0.1) is 0 Å². The minimum atomic E-state index is -0.188. The Labute approximate surface area is 88.8 Å². The first-order valence-electron chi connectivity index (χ1n) is 4.27. The van der Waals surface area contributed by atoms with Crippen LogP contribution < -0.4 is 10.5 Å². The normalized spacial score (nSPS) is 12.6. The molecule has 0 spiro atoms. The third kappa shape index (κ3) is 2.61. The average Bonchev–Trinajstić information content (AvgIpc) is 2.17. The molecule has 4 heteroatoms. The van der Waals surface area contributed by atoms with Gasteiger partial charge in [-0.05, 0) is 12.1 Å². The number of benzene rings is 1. The van der Waals surface area contributed by atoms with Crippen molar-refractivity contribution < 1.29 is 9.47 Å². The summed E-state index contributed by atoms with van der Waals surface area (Å²) in [5.74, 6) is 0.696. The van der Waals surface area contributed by atoms with Gasteiger partial charge in [-0.3, -0.25) is 0 Å². The Hall–Kier alpha value is -0.770. The lowest BCUT2D eigenvalue weighted by atomic mass is 10.1. The van der Waals surface area contributed by atoms with Crippen LogP contribution in [-0.2, 0) is 4.74 Å². The molecule has 1 atom stereocenters. The lowest BCUT2D eigenvalue weighted by Gasteiger charge is -2.14. The zero-order valence-corrected chi connectivity index (χ0v) is 9.04. The number of hydrogen-bond donors (Lipinski definition) is 1. The van der Waals surface area contributed by atoms with Gasteiger partial charge in [-0.2, -0.15) is 0 Å². The van der Waals surface area contributed by atoms with Gasteiger partial charge in [-0.25, -0.2) is 0 Å². The summed E-state index contributed by atoms with van der Waals surface area (Å²) in [5.41, 5.74) is 6.79. The molecule has 1 aromatic carbocycles. The van der Waals surface area contributed by atoms with Crippen LogP contribution in [0.1, 0.15) is 11.6 Å². The lowest BCUT2D eigenvalue weighted by molar-refractivity contribution is 0.179. The summed E-state index contributed by atoms with van der Waals surface area (Å²) in [6.07, 6.45) is 0. The highest BCUT2D eigenvalue weighted by Crippen LogP contribution is 2.27. The van der Waals surface area contributed by atoms with Crippen molar-refractivity contribution in [1.82, 2.24) is 0 Å². The van der Waals surface area contributed by atoms with Crippen LogP contribution in [0.5, 0.6) is 5.75 Å². The second kappa shape index (κ2) is 5.20. The number of ether oxygens (including phenoxy) is 2. The van der Waals surface area contributed by atoms with Crippen molar-refractivity contribution in [2.75, 3.05) is 20.8 Å². The van der Waals surface area contributed by atoms with Crippen molar-refractivity contribution in [2.45, 2.75) is 6.04 Å². The standard InChI is InChI=1S/C10H14ClNO2/c1-13-6-9(12)8-4-3-7(11)5-10(8)14-2/h3-5,9H,6,12H2,1-2H3/t9-/m0/s1. The van der Waals surface area contributed by atoms with Gasteiger partial charge in [-0.15, -0.1) is 0 Å². The molecule has 3 nitrogen and oxygen atoms in total. The summed E-state index contributed by atoms with van der Waals surface area (Å²) in [6, 6.07) is 5.19. The van der Waals surface area contributed by atoms with Gasteiger partial charge >= 0.3 is 0 Å². The number of nitrogens with two attached hydrogens (primary N) is 1. The van der Waals surface area contributed by atoms with Gasteiger partial charge in [0.05, 0.1) is 19.8 Å². The van der Waals surface area contributed by atoms with Crippen molar-refractivity contribution in [1.29, 1.82) is 0 Å². The molecular weight excluding hydrogens is 202 g/mol. The van der Waals surface area contributed by atoms with E-state index in [1.165, 1.54) is 0 Å². The van der Waals surface area contributed by atoms with E-state index in [4.69, 9.17) is 26.8 Å². The van der Waals surface area contributed by atoms with Gasteiger partial charge < -0.3 is 15.2 Å². The molecule has 0 aromatic heterocycles. The highest BCUT2D eigenvalue weighted by Gasteiger charge is 2.11. The van der Waals surface area contributed by atoms with Gasteiger partial charge in [0.25, 0.3) is 0 Å². The van der Waals surface area contributed by atoms with Crippen molar-refractivity contribution in [3.8, 4) is 5.75 Å². The van der Waals surface area contributed by atoms with Gasteiger partial charge in [0.1, 0.15) is 5.75 Å². The number of hydrogen-bond acceptors (Lipinski definition) is 3. The first-order chi connectivity index (χ1) is 6.69. The van der Waals surface area contributed by atoms with Gasteiger partial charge in [0, 0.05) is 17.7 Å². The number of methoxy groups -OCH3 is 2. The minimum Gasteiger partial charge on any atom is -0.496 e. The third-order valence-corrected chi connectivity index (χ3v) is 2.18. The molecule has 0 aliphatic carbocycles. The van der Waals surface area contributed by atoms with E-state index in [0.717, 1.165) is 5.56 Å². The van der Waals surface area contributed by atoms with E-state index in [-0.39, 0.29) is 6.04 Å². The summed E-state index contributed by atoms with van der Waals surface area (Å²) in [6.45, 7) is 0.456. The maximum absolute atomic E-state index is 5.88. The zero-order valence-electron chi connectivity index (χ0n) is 8.29. The van der Waals surface area contributed by atoms with Crippen LogP contribution >= 0.6 is 11.6 Å². The van der Waals surface area contributed by atoms with Crippen molar-refractivity contribution in [2.24, 2.45) is 5.73 Å². The van der Waals surface area contributed by atoms with E-state index >= 15 is 0 Å². The summed E-state index contributed by atoms with van der Waals surface area (Å²) in [5, 5.41) is 0.634. The van der Waals surface area contributed by atoms with Gasteiger partial charge in [0.15, 0.2) is 0 Å². The predicted molar refractivity (Wildman–Crippen MR) is 56.8 cm³/mol. The summed E-state index contributed by atoms with van der Waals surface area (Å²) in [7, 11) is 3.21. The van der Waals surface area contributed by atoms with Crippen molar-refractivity contribution in [3.05, 3.63) is 28.8 Å². The number of halogens is 1. The molecule has 0 radical (unpaired) electrons. The second-order valence-corrected chi connectivity index (χ2v) is 3.38. The quantitative estimate of drug-likeness (QED) is 0.836. The van der Waals surface area contributed by atoms with E-state index in [2.05, 4.69) is 0 Å². The SMILES string of the molecule is COC[C@H](N)c1ccc(Cl)cc1OC. The Kier molecular flexibility index (Phi) is 4.20. The van der Waals surface area contributed by atoms with Crippen LogP contribution in [0.15, 0.2) is 18.2 Å². The van der Waals surface area contributed by atoms with E-state index < -0.39 is 0 Å². The Morgan fingerprint density at radius 1 is 1.43 bits per heavy atom. The largest absolute Gasteiger partial charge is 0.496 e. The van der Waals surface area contributed by atoms with E-state index in [9.17, 15) is 0 Å². The van der Waals surface area contributed by atoms with Crippen LogP contribution in [0.25, 0.3) is 0 Å². The molecule has 0 heterocycles. The highest BCUT2D eigenvalue weighted by atomic mass is 35.5. The second-order valence-electron chi connectivity index (χ2n) is 2.95. The third-order valence-electron chi connectivity index (χ3n) is 1.94. The maximum Gasteiger partial charge on any atom is 0.125 e. The van der Waals surface area contributed by atoms with Gasteiger partial charge in [0.2, 0.25) is 0 Å². The summed E-state index contributed by atoms with van der Waals surface area (Å²) >= 11 is 5.83. The molecule has 2 N–H and O–H groups in total. The minimum absolute atomic E-state index is 0.188. The molecule has 0 saturated carbocycles. The lowest BCUT2D eigenvalue weighted by Crippen LogP contribution is -2.16. The predicted octanol–water partition coefficient (Wildman–Crippen LogP) is 1.99. The maximum atomic E-state index is 5.88. The highest BCUT2D eigenvalue weighted by molar-refractivity contribution is 6.30. The molecule has 0 bridgehead atoms. The van der Waals surface area contributed by atoms with Crippen LogP contribution in [-0.4, -0.2) is 20.8 Å². The molecule has 0 fully saturated rings. The Bertz CT molecular complexity index is 304. The first kappa shape index (κ1) is 11.3. The summed E-state index contributed by atoms with van der Waals surface area (Å²) in [4.78, 5) is 0. The smallest absolute Gasteiger partial charge is 0.125 e. The Morgan fingerprint density at radius 2 is 2.14 bits per heavy atom. The molecule has 14 heavy (non-hydrogen) atoms. The zero-order chi connectivity index (χ0) is 10.6. The molecule has 0 aliphatic heterocycles. The van der Waals surface area contributed by atoms with Crippen LogP contribution in [0.2, 0.25) is 5.02 Å². The van der Waals surface area contributed by atoms with E-state index in [1.807, 2.05) is 6.07 Å². The average molecular weight is 216 g/mol. The van der Waals surface area contributed by atoms with Crippen LogP contribution in [0.4, 0.5) is 0 Å². The van der Waals surface area contributed by atoms with Crippen LogP contribution in [0.3, 0.4) is 0 Å². The van der Waals surface area contributed by atoms with Gasteiger partial charge in [-0.1, -0.05) is 17.7 Å².